The number of rotatable bonds is 0. The van der Waals surface area contributed by atoms with Gasteiger partial charge in [0.15, 0.2) is 0 Å². The van der Waals surface area contributed by atoms with Gasteiger partial charge in [-0.3, -0.25) is 0 Å². The standard InChI is InChI=1S/C10H10S/c1-8-6-7-9-4-2-3-5-10(9)11-8/h2-6H,7H2,1H3. The van der Waals surface area contributed by atoms with Crippen LogP contribution in [0.4, 0.5) is 0 Å². The number of hydrogen-bond donors (Lipinski definition) is 0. The van der Waals surface area contributed by atoms with Crippen molar-refractivity contribution in [2.24, 2.45) is 0 Å². The molecule has 0 saturated heterocycles. The van der Waals surface area contributed by atoms with Crippen LogP contribution in [0.5, 0.6) is 0 Å². The number of hydrogen-bond acceptors (Lipinski definition) is 1. The first-order chi connectivity index (χ1) is 5.36. The Kier molecular flexibility index (Phi) is 1.74. The van der Waals surface area contributed by atoms with Crippen LogP contribution in [-0.2, 0) is 6.42 Å². The third-order valence-electron chi connectivity index (χ3n) is 1.85. The molecule has 0 unspecified atom stereocenters. The summed E-state index contributed by atoms with van der Waals surface area (Å²) in [5.74, 6) is 0. The van der Waals surface area contributed by atoms with Gasteiger partial charge in [0.25, 0.3) is 0 Å². The maximum absolute atomic E-state index is 2.28. The van der Waals surface area contributed by atoms with E-state index < -0.39 is 0 Å². The lowest BCUT2D eigenvalue weighted by atomic mass is 10.1. The predicted octanol–water partition coefficient (Wildman–Crippen LogP) is 3.24. The summed E-state index contributed by atoms with van der Waals surface area (Å²) in [4.78, 5) is 2.84. The maximum atomic E-state index is 2.28. The van der Waals surface area contributed by atoms with Crippen molar-refractivity contribution in [3.63, 3.8) is 0 Å². The van der Waals surface area contributed by atoms with Gasteiger partial charge in [-0.2, -0.15) is 0 Å². The predicted molar refractivity (Wildman–Crippen MR) is 49.8 cm³/mol. The molecule has 0 saturated carbocycles. The van der Waals surface area contributed by atoms with E-state index in [1.807, 2.05) is 11.8 Å². The van der Waals surface area contributed by atoms with E-state index in [1.54, 1.807) is 0 Å². The van der Waals surface area contributed by atoms with Crippen molar-refractivity contribution in [3.05, 3.63) is 40.8 Å². The zero-order chi connectivity index (χ0) is 7.68. The molecule has 0 fully saturated rings. The van der Waals surface area contributed by atoms with Crippen LogP contribution in [0, 0.1) is 0 Å². The van der Waals surface area contributed by atoms with E-state index in [0.717, 1.165) is 6.42 Å². The lowest BCUT2D eigenvalue weighted by Crippen LogP contribution is -1.90. The molecule has 0 atom stereocenters. The molecule has 0 N–H and O–H groups in total. The Balaban J connectivity index is 2.42. The lowest BCUT2D eigenvalue weighted by Gasteiger charge is -2.12. The summed E-state index contributed by atoms with van der Waals surface area (Å²) < 4.78 is 0. The van der Waals surface area contributed by atoms with Crippen LogP contribution in [0.2, 0.25) is 0 Å². The number of allylic oxidation sites excluding steroid dienone is 2. The Morgan fingerprint density at radius 2 is 2.09 bits per heavy atom. The topological polar surface area (TPSA) is 0 Å². The summed E-state index contributed by atoms with van der Waals surface area (Å²) in [5.41, 5.74) is 1.46. The zero-order valence-corrected chi connectivity index (χ0v) is 7.32. The lowest BCUT2D eigenvalue weighted by molar-refractivity contribution is 1.15. The molecule has 0 spiro atoms. The Morgan fingerprint density at radius 1 is 1.27 bits per heavy atom. The summed E-state index contributed by atoms with van der Waals surface area (Å²) in [6.07, 6.45) is 3.39. The average Bonchev–Trinajstić information content (AvgIpc) is 2.04. The molecule has 0 aliphatic carbocycles. The summed E-state index contributed by atoms with van der Waals surface area (Å²) in [6, 6.07) is 8.60. The maximum Gasteiger partial charge on any atom is 0.0154 e. The zero-order valence-electron chi connectivity index (χ0n) is 6.50. The largest absolute Gasteiger partial charge is 0.0949 e. The van der Waals surface area contributed by atoms with Gasteiger partial charge < -0.3 is 0 Å². The minimum absolute atomic E-state index is 1.11. The second-order valence-electron chi connectivity index (χ2n) is 2.73. The van der Waals surface area contributed by atoms with Gasteiger partial charge in [-0.15, -0.1) is 0 Å². The molecule has 1 heteroatoms. The highest BCUT2D eigenvalue weighted by Crippen LogP contribution is 2.33. The van der Waals surface area contributed by atoms with Crippen LogP contribution in [0.3, 0.4) is 0 Å². The van der Waals surface area contributed by atoms with Gasteiger partial charge in [0.05, 0.1) is 0 Å². The van der Waals surface area contributed by atoms with E-state index in [4.69, 9.17) is 0 Å². The molecule has 1 aliphatic heterocycles. The minimum atomic E-state index is 1.11. The number of fused-ring (bicyclic) bond motifs is 1. The Morgan fingerprint density at radius 3 is 3.00 bits per heavy atom. The van der Waals surface area contributed by atoms with E-state index in [-0.39, 0.29) is 0 Å². The van der Waals surface area contributed by atoms with E-state index in [1.165, 1.54) is 15.4 Å². The first kappa shape index (κ1) is 6.99. The normalized spacial score (nSPS) is 15.5. The quantitative estimate of drug-likeness (QED) is 0.564. The SMILES string of the molecule is CC1=CCc2ccccc2S1. The number of benzene rings is 1. The third-order valence-corrected chi connectivity index (χ3v) is 2.96. The minimum Gasteiger partial charge on any atom is -0.0949 e. The average molecular weight is 162 g/mol. The van der Waals surface area contributed by atoms with Crippen LogP contribution < -0.4 is 0 Å². The fourth-order valence-corrected chi connectivity index (χ4v) is 2.18. The van der Waals surface area contributed by atoms with Crippen molar-refractivity contribution in [2.45, 2.75) is 18.2 Å². The van der Waals surface area contributed by atoms with E-state index in [2.05, 4.69) is 37.3 Å². The molecule has 1 heterocycles. The molecular formula is C10H10S. The second kappa shape index (κ2) is 2.74. The molecular weight excluding hydrogens is 152 g/mol. The molecule has 0 nitrogen and oxygen atoms in total. The highest BCUT2D eigenvalue weighted by molar-refractivity contribution is 8.03. The Hall–Kier alpha value is -0.690. The Bertz CT molecular complexity index is 299. The summed E-state index contributed by atoms with van der Waals surface area (Å²) in [6.45, 7) is 2.17. The highest BCUT2D eigenvalue weighted by Gasteiger charge is 2.06. The fraction of sp³-hybridized carbons (Fsp3) is 0.200. The molecule has 1 aromatic carbocycles. The van der Waals surface area contributed by atoms with E-state index in [0.29, 0.717) is 0 Å². The van der Waals surface area contributed by atoms with Gasteiger partial charge in [-0.25, -0.2) is 0 Å². The summed E-state index contributed by atoms with van der Waals surface area (Å²) >= 11 is 1.87. The van der Waals surface area contributed by atoms with Gasteiger partial charge in [-0.05, 0) is 29.9 Å². The molecule has 56 valence electrons. The van der Waals surface area contributed by atoms with E-state index >= 15 is 0 Å². The van der Waals surface area contributed by atoms with Crippen molar-refractivity contribution in [1.82, 2.24) is 0 Å². The second-order valence-corrected chi connectivity index (χ2v) is 4.02. The van der Waals surface area contributed by atoms with Crippen molar-refractivity contribution in [2.75, 3.05) is 0 Å². The molecule has 0 radical (unpaired) electrons. The molecule has 2 rings (SSSR count). The summed E-state index contributed by atoms with van der Waals surface area (Å²) in [5, 5.41) is 0. The summed E-state index contributed by atoms with van der Waals surface area (Å²) in [7, 11) is 0. The molecule has 0 bridgehead atoms. The van der Waals surface area contributed by atoms with Crippen molar-refractivity contribution >= 4 is 11.8 Å². The molecule has 0 aromatic heterocycles. The number of thioether (sulfide) groups is 1. The van der Waals surface area contributed by atoms with Crippen LogP contribution >= 0.6 is 11.8 Å². The first-order valence-electron chi connectivity index (χ1n) is 3.79. The smallest absolute Gasteiger partial charge is 0.0154 e. The van der Waals surface area contributed by atoms with Crippen molar-refractivity contribution < 1.29 is 0 Å². The van der Waals surface area contributed by atoms with Crippen molar-refractivity contribution in [3.8, 4) is 0 Å². The van der Waals surface area contributed by atoms with Crippen LogP contribution in [0.15, 0.2) is 40.1 Å². The van der Waals surface area contributed by atoms with Crippen LogP contribution in [0.1, 0.15) is 12.5 Å². The van der Waals surface area contributed by atoms with Crippen molar-refractivity contribution in [1.29, 1.82) is 0 Å². The fourth-order valence-electron chi connectivity index (χ4n) is 1.24. The van der Waals surface area contributed by atoms with Gasteiger partial charge in [0.2, 0.25) is 0 Å². The molecule has 11 heavy (non-hydrogen) atoms. The third kappa shape index (κ3) is 1.33. The van der Waals surface area contributed by atoms with Gasteiger partial charge in [0.1, 0.15) is 0 Å². The monoisotopic (exact) mass is 162 g/mol. The van der Waals surface area contributed by atoms with Crippen LogP contribution in [0.25, 0.3) is 0 Å². The molecule has 1 aliphatic rings. The van der Waals surface area contributed by atoms with Gasteiger partial charge >= 0.3 is 0 Å². The Labute approximate surface area is 71.3 Å². The molecule has 1 aromatic rings. The molecule has 0 amide bonds. The highest BCUT2D eigenvalue weighted by atomic mass is 32.2. The van der Waals surface area contributed by atoms with E-state index in [9.17, 15) is 0 Å². The van der Waals surface area contributed by atoms with Gasteiger partial charge in [-0.1, -0.05) is 36.0 Å². The van der Waals surface area contributed by atoms with Gasteiger partial charge in [0, 0.05) is 4.90 Å². The first-order valence-corrected chi connectivity index (χ1v) is 4.60. The van der Waals surface area contributed by atoms with Crippen LogP contribution in [-0.4, -0.2) is 0 Å².